The fourth-order valence-corrected chi connectivity index (χ4v) is 3.07. The molecule has 0 radical (unpaired) electrons. The van der Waals surface area contributed by atoms with Gasteiger partial charge in [0, 0.05) is 12.1 Å². The Morgan fingerprint density at radius 2 is 1.81 bits per heavy atom. The SMILES string of the molecule is COc1cc(-c2c(C#N)c(N)[nH]c(=O)c2C#N)ccc1OCC(=O)NCc1ccccc1. The third-order valence-corrected chi connectivity index (χ3v) is 4.61. The van der Waals surface area contributed by atoms with E-state index in [9.17, 15) is 20.1 Å². The Hall–Kier alpha value is -4.76. The van der Waals surface area contributed by atoms with E-state index in [1.165, 1.54) is 19.2 Å². The fraction of sp³-hybridized carbons (Fsp3) is 0.130. The third kappa shape index (κ3) is 4.69. The van der Waals surface area contributed by atoms with Crippen LogP contribution in [0.3, 0.4) is 0 Å². The van der Waals surface area contributed by atoms with Crippen molar-refractivity contribution in [3.8, 4) is 34.8 Å². The largest absolute Gasteiger partial charge is 0.493 e. The van der Waals surface area contributed by atoms with Crippen LogP contribution in [0.25, 0.3) is 11.1 Å². The fourth-order valence-electron chi connectivity index (χ4n) is 3.07. The summed E-state index contributed by atoms with van der Waals surface area (Å²) in [5, 5.41) is 21.6. The minimum absolute atomic E-state index is 0.0304. The first-order chi connectivity index (χ1) is 15.5. The van der Waals surface area contributed by atoms with Crippen LogP contribution >= 0.6 is 0 Å². The first-order valence-electron chi connectivity index (χ1n) is 9.46. The normalized spacial score (nSPS) is 9.97. The number of anilines is 1. The third-order valence-electron chi connectivity index (χ3n) is 4.61. The number of hydrogen-bond donors (Lipinski definition) is 3. The number of methoxy groups -OCH3 is 1. The first kappa shape index (κ1) is 21.9. The predicted octanol–water partition coefficient (Wildman–Crippen LogP) is 2.07. The van der Waals surface area contributed by atoms with Crippen LogP contribution in [0.5, 0.6) is 11.5 Å². The molecule has 9 nitrogen and oxygen atoms in total. The second-order valence-electron chi connectivity index (χ2n) is 6.63. The minimum Gasteiger partial charge on any atom is -0.493 e. The molecular formula is C23H19N5O4. The van der Waals surface area contributed by atoms with Gasteiger partial charge in [0.25, 0.3) is 11.5 Å². The number of carbonyl (C=O) groups excluding carboxylic acids is 1. The lowest BCUT2D eigenvalue weighted by Gasteiger charge is -2.14. The molecule has 2 aromatic carbocycles. The highest BCUT2D eigenvalue weighted by molar-refractivity contribution is 5.81. The van der Waals surface area contributed by atoms with E-state index >= 15 is 0 Å². The van der Waals surface area contributed by atoms with Crippen LogP contribution < -0.4 is 26.1 Å². The van der Waals surface area contributed by atoms with Gasteiger partial charge in [0.15, 0.2) is 18.1 Å². The minimum atomic E-state index is -0.701. The molecule has 9 heteroatoms. The molecule has 3 aromatic rings. The molecule has 0 atom stereocenters. The quantitative estimate of drug-likeness (QED) is 0.519. The van der Waals surface area contributed by atoms with Crippen LogP contribution in [0.1, 0.15) is 16.7 Å². The zero-order chi connectivity index (χ0) is 23.1. The summed E-state index contributed by atoms with van der Waals surface area (Å²) in [5.41, 5.74) is 6.21. The molecule has 1 heterocycles. The number of nitrogens with one attached hydrogen (secondary N) is 2. The van der Waals surface area contributed by atoms with Gasteiger partial charge in [-0.2, -0.15) is 10.5 Å². The lowest BCUT2D eigenvalue weighted by Crippen LogP contribution is -2.28. The smallest absolute Gasteiger partial charge is 0.268 e. The Morgan fingerprint density at radius 3 is 2.47 bits per heavy atom. The van der Waals surface area contributed by atoms with Gasteiger partial charge >= 0.3 is 0 Å². The summed E-state index contributed by atoms with van der Waals surface area (Å²) in [5.74, 6) is 0.0766. The summed E-state index contributed by atoms with van der Waals surface area (Å²) >= 11 is 0. The van der Waals surface area contributed by atoms with E-state index < -0.39 is 5.56 Å². The van der Waals surface area contributed by atoms with Crippen LogP contribution in [0.15, 0.2) is 53.3 Å². The number of amides is 1. The van der Waals surface area contributed by atoms with Crippen molar-refractivity contribution in [1.82, 2.24) is 10.3 Å². The first-order valence-corrected chi connectivity index (χ1v) is 9.46. The maximum absolute atomic E-state index is 12.1. The monoisotopic (exact) mass is 429 g/mol. The van der Waals surface area contributed by atoms with Gasteiger partial charge in [0.2, 0.25) is 0 Å². The Labute approximate surface area is 183 Å². The molecule has 160 valence electrons. The summed E-state index contributed by atoms with van der Waals surface area (Å²) in [4.78, 5) is 26.5. The molecule has 3 rings (SSSR count). The Balaban J connectivity index is 1.82. The molecule has 1 amide bonds. The zero-order valence-electron chi connectivity index (χ0n) is 17.1. The number of nitriles is 2. The molecule has 0 unspecified atom stereocenters. The molecule has 4 N–H and O–H groups in total. The van der Waals surface area contributed by atoms with Crippen LogP contribution in [-0.2, 0) is 11.3 Å². The molecule has 0 saturated heterocycles. The Morgan fingerprint density at radius 1 is 1.09 bits per heavy atom. The van der Waals surface area contributed by atoms with Crippen molar-refractivity contribution >= 4 is 11.7 Å². The highest BCUT2D eigenvalue weighted by Crippen LogP contribution is 2.35. The van der Waals surface area contributed by atoms with Crippen molar-refractivity contribution in [2.45, 2.75) is 6.54 Å². The van der Waals surface area contributed by atoms with Gasteiger partial charge < -0.3 is 25.5 Å². The molecule has 0 fully saturated rings. The van der Waals surface area contributed by atoms with E-state index in [0.717, 1.165) is 5.56 Å². The Bertz CT molecular complexity index is 1290. The maximum Gasteiger partial charge on any atom is 0.268 e. The number of aromatic nitrogens is 1. The van der Waals surface area contributed by atoms with Gasteiger partial charge in [-0.1, -0.05) is 36.4 Å². The summed E-state index contributed by atoms with van der Waals surface area (Å²) in [6, 6.07) is 17.8. The number of benzene rings is 2. The van der Waals surface area contributed by atoms with E-state index in [1.54, 1.807) is 6.07 Å². The summed E-state index contributed by atoms with van der Waals surface area (Å²) in [6.07, 6.45) is 0. The molecule has 0 bridgehead atoms. The average Bonchev–Trinajstić information content (AvgIpc) is 2.81. The van der Waals surface area contributed by atoms with E-state index in [2.05, 4.69) is 10.3 Å². The van der Waals surface area contributed by atoms with Crippen molar-refractivity contribution in [2.75, 3.05) is 19.5 Å². The molecule has 0 aliphatic heterocycles. The number of aromatic amines is 1. The molecule has 0 aliphatic rings. The lowest BCUT2D eigenvalue weighted by molar-refractivity contribution is -0.123. The standard InChI is InChI=1S/C23H19N5O4/c1-31-19-9-15(21-16(10-24)22(26)28-23(30)17(21)11-25)7-8-18(19)32-13-20(29)27-12-14-5-3-2-4-6-14/h2-9H,12-13H2,1H3,(H,27,29)(H3,26,28,30). The van der Waals surface area contributed by atoms with Crippen LogP contribution in [-0.4, -0.2) is 24.6 Å². The lowest BCUT2D eigenvalue weighted by atomic mass is 9.96. The van der Waals surface area contributed by atoms with Gasteiger partial charge in [-0.05, 0) is 23.3 Å². The molecule has 32 heavy (non-hydrogen) atoms. The van der Waals surface area contributed by atoms with E-state index in [0.29, 0.717) is 12.1 Å². The number of H-pyrrole nitrogens is 1. The summed E-state index contributed by atoms with van der Waals surface area (Å²) < 4.78 is 10.9. The second-order valence-corrected chi connectivity index (χ2v) is 6.63. The van der Waals surface area contributed by atoms with E-state index in [1.807, 2.05) is 42.5 Å². The zero-order valence-corrected chi connectivity index (χ0v) is 17.1. The van der Waals surface area contributed by atoms with Gasteiger partial charge in [-0.15, -0.1) is 0 Å². The number of hydrogen-bond acceptors (Lipinski definition) is 7. The molecule has 1 aromatic heterocycles. The number of nitrogens with zero attached hydrogens (tertiary/aromatic N) is 2. The summed E-state index contributed by atoms with van der Waals surface area (Å²) in [6.45, 7) is 0.129. The van der Waals surface area contributed by atoms with Crippen LogP contribution in [0.2, 0.25) is 0 Å². The highest BCUT2D eigenvalue weighted by Gasteiger charge is 2.20. The number of rotatable bonds is 7. The van der Waals surface area contributed by atoms with Crippen molar-refractivity contribution < 1.29 is 14.3 Å². The molecule has 0 saturated carbocycles. The Kier molecular flexibility index (Phi) is 6.74. The average molecular weight is 429 g/mol. The number of nitrogen functional groups attached to an aromatic ring is 1. The van der Waals surface area contributed by atoms with Crippen molar-refractivity contribution in [2.24, 2.45) is 0 Å². The van der Waals surface area contributed by atoms with Crippen molar-refractivity contribution in [3.05, 3.63) is 75.6 Å². The van der Waals surface area contributed by atoms with Crippen molar-refractivity contribution in [1.29, 1.82) is 10.5 Å². The molecule has 0 spiro atoms. The predicted molar refractivity (Wildman–Crippen MR) is 117 cm³/mol. The van der Waals surface area contributed by atoms with Crippen LogP contribution in [0, 0.1) is 22.7 Å². The summed E-state index contributed by atoms with van der Waals surface area (Å²) in [7, 11) is 1.41. The highest BCUT2D eigenvalue weighted by atomic mass is 16.5. The van der Waals surface area contributed by atoms with E-state index in [4.69, 9.17) is 15.2 Å². The number of nitrogens with two attached hydrogens (primary N) is 1. The maximum atomic E-state index is 12.1. The van der Waals surface area contributed by atoms with Gasteiger partial charge in [-0.3, -0.25) is 9.59 Å². The number of ether oxygens (including phenoxy) is 2. The second kappa shape index (κ2) is 9.83. The van der Waals surface area contributed by atoms with Gasteiger partial charge in [-0.25, -0.2) is 0 Å². The van der Waals surface area contributed by atoms with Gasteiger partial charge in [0.1, 0.15) is 29.1 Å². The molecular weight excluding hydrogens is 410 g/mol. The van der Waals surface area contributed by atoms with Crippen LogP contribution in [0.4, 0.5) is 5.82 Å². The number of carbonyl (C=O) groups is 1. The molecule has 0 aliphatic carbocycles. The number of pyridine rings is 1. The van der Waals surface area contributed by atoms with Crippen molar-refractivity contribution in [3.63, 3.8) is 0 Å². The van der Waals surface area contributed by atoms with Gasteiger partial charge in [0.05, 0.1) is 7.11 Å². The topological polar surface area (TPSA) is 154 Å². The van der Waals surface area contributed by atoms with E-state index in [-0.39, 0.29) is 46.5 Å².